The number of hydrogen-bond acceptors (Lipinski definition) is 2. The summed E-state index contributed by atoms with van der Waals surface area (Å²) in [6, 6.07) is 4.69. The third-order valence-electron chi connectivity index (χ3n) is 2.64. The summed E-state index contributed by atoms with van der Waals surface area (Å²) in [7, 11) is 3.75. The van der Waals surface area contributed by atoms with Crippen molar-refractivity contribution in [1.29, 1.82) is 0 Å². The molecule has 0 amide bonds. The molecule has 1 aromatic heterocycles. The zero-order valence-corrected chi connectivity index (χ0v) is 10.4. The Morgan fingerprint density at radius 3 is 2.88 bits per heavy atom. The van der Waals surface area contributed by atoms with E-state index in [1.54, 1.807) is 23.0 Å². The van der Waals surface area contributed by atoms with Crippen molar-refractivity contribution < 1.29 is 4.39 Å². The molecule has 0 unspecified atom stereocenters. The Kier molecular flexibility index (Phi) is 3.45. The lowest BCUT2D eigenvalue weighted by molar-refractivity contribution is 0.628. The van der Waals surface area contributed by atoms with Crippen molar-refractivity contribution in [3.05, 3.63) is 40.9 Å². The normalized spacial score (nSPS) is 10.8. The van der Waals surface area contributed by atoms with Gasteiger partial charge in [0.25, 0.3) is 0 Å². The Bertz CT molecular complexity index is 537. The zero-order chi connectivity index (χ0) is 12.4. The average molecular weight is 254 g/mol. The van der Waals surface area contributed by atoms with Gasteiger partial charge in [-0.1, -0.05) is 17.7 Å². The van der Waals surface area contributed by atoms with Crippen LogP contribution in [0.15, 0.2) is 24.4 Å². The maximum absolute atomic E-state index is 13.1. The second kappa shape index (κ2) is 4.85. The van der Waals surface area contributed by atoms with Crippen molar-refractivity contribution in [2.75, 3.05) is 7.05 Å². The van der Waals surface area contributed by atoms with E-state index in [0.717, 1.165) is 16.8 Å². The first kappa shape index (κ1) is 12.1. The van der Waals surface area contributed by atoms with E-state index in [2.05, 4.69) is 10.4 Å². The molecule has 0 aliphatic heterocycles. The quantitative estimate of drug-likeness (QED) is 0.911. The fourth-order valence-corrected chi connectivity index (χ4v) is 1.93. The molecule has 0 aliphatic carbocycles. The molecule has 0 saturated carbocycles. The van der Waals surface area contributed by atoms with E-state index in [4.69, 9.17) is 11.6 Å². The van der Waals surface area contributed by atoms with Crippen LogP contribution in [0.5, 0.6) is 0 Å². The fourth-order valence-electron chi connectivity index (χ4n) is 1.74. The van der Waals surface area contributed by atoms with Crippen LogP contribution in [0.3, 0.4) is 0 Å². The van der Waals surface area contributed by atoms with Crippen LogP contribution in [0, 0.1) is 5.82 Å². The van der Waals surface area contributed by atoms with E-state index in [1.807, 2.05) is 14.1 Å². The third kappa shape index (κ3) is 2.33. The van der Waals surface area contributed by atoms with Crippen LogP contribution in [0.25, 0.3) is 11.1 Å². The van der Waals surface area contributed by atoms with Gasteiger partial charge in [-0.15, -0.1) is 0 Å². The summed E-state index contributed by atoms with van der Waals surface area (Å²) in [5, 5.41) is 7.41. The van der Waals surface area contributed by atoms with E-state index in [0.29, 0.717) is 6.54 Å². The summed E-state index contributed by atoms with van der Waals surface area (Å²) < 4.78 is 14.9. The second-order valence-corrected chi connectivity index (χ2v) is 4.19. The number of benzene rings is 1. The minimum atomic E-state index is -0.408. The highest BCUT2D eigenvalue weighted by Crippen LogP contribution is 2.27. The molecule has 0 saturated heterocycles. The molecule has 0 bridgehead atoms. The maximum Gasteiger partial charge on any atom is 0.141 e. The third-order valence-corrected chi connectivity index (χ3v) is 2.93. The number of nitrogens with zero attached hydrogens (tertiary/aromatic N) is 2. The van der Waals surface area contributed by atoms with Gasteiger partial charge in [0, 0.05) is 19.2 Å². The number of aromatic nitrogens is 2. The lowest BCUT2D eigenvalue weighted by Crippen LogP contribution is -2.10. The van der Waals surface area contributed by atoms with E-state index >= 15 is 0 Å². The molecule has 0 spiro atoms. The number of aryl methyl sites for hydroxylation is 1. The Morgan fingerprint density at radius 1 is 1.47 bits per heavy atom. The number of nitrogens with one attached hydrogen (secondary N) is 1. The van der Waals surface area contributed by atoms with Gasteiger partial charge < -0.3 is 5.32 Å². The summed E-state index contributed by atoms with van der Waals surface area (Å²) in [4.78, 5) is 0. The molecule has 0 fully saturated rings. The second-order valence-electron chi connectivity index (χ2n) is 3.79. The predicted molar refractivity (Wildman–Crippen MR) is 66.4 cm³/mol. The molecule has 0 atom stereocenters. The minimum Gasteiger partial charge on any atom is -0.314 e. The van der Waals surface area contributed by atoms with Crippen LogP contribution in [0.1, 0.15) is 5.69 Å². The fraction of sp³-hybridized carbons (Fsp3) is 0.250. The maximum atomic E-state index is 13.1. The van der Waals surface area contributed by atoms with Gasteiger partial charge in [0.2, 0.25) is 0 Å². The predicted octanol–water partition coefficient (Wildman–Crippen LogP) is 2.60. The number of halogens is 2. The topological polar surface area (TPSA) is 29.9 Å². The standard InChI is InChI=1S/C12H13ClFN3/c1-15-7-12-9(6-16-17(12)2)8-3-4-11(14)10(13)5-8/h3-6,15H,7H2,1-2H3. The Labute approximate surface area is 104 Å². The van der Waals surface area contributed by atoms with Gasteiger partial charge in [-0.2, -0.15) is 5.10 Å². The molecule has 0 radical (unpaired) electrons. The number of rotatable bonds is 3. The summed E-state index contributed by atoms with van der Waals surface area (Å²) >= 11 is 5.78. The van der Waals surface area contributed by atoms with Crippen molar-refractivity contribution >= 4 is 11.6 Å². The van der Waals surface area contributed by atoms with Crippen LogP contribution in [-0.4, -0.2) is 16.8 Å². The average Bonchev–Trinajstić information content (AvgIpc) is 2.66. The smallest absolute Gasteiger partial charge is 0.141 e. The minimum absolute atomic E-state index is 0.127. The molecule has 1 N–H and O–H groups in total. The van der Waals surface area contributed by atoms with Crippen LogP contribution in [0.2, 0.25) is 5.02 Å². The van der Waals surface area contributed by atoms with E-state index < -0.39 is 5.82 Å². The van der Waals surface area contributed by atoms with Crippen molar-refractivity contribution in [3.8, 4) is 11.1 Å². The van der Waals surface area contributed by atoms with Gasteiger partial charge in [-0.3, -0.25) is 4.68 Å². The molecular weight excluding hydrogens is 241 g/mol. The largest absolute Gasteiger partial charge is 0.314 e. The van der Waals surface area contributed by atoms with Gasteiger partial charge in [-0.05, 0) is 24.7 Å². The lowest BCUT2D eigenvalue weighted by Gasteiger charge is -2.06. The molecule has 90 valence electrons. The first-order valence-electron chi connectivity index (χ1n) is 5.24. The van der Waals surface area contributed by atoms with Crippen molar-refractivity contribution in [3.63, 3.8) is 0 Å². The molecule has 3 nitrogen and oxygen atoms in total. The summed E-state index contributed by atoms with van der Waals surface area (Å²) in [6.45, 7) is 0.695. The first-order chi connectivity index (χ1) is 8.13. The van der Waals surface area contributed by atoms with Crippen molar-refractivity contribution in [1.82, 2.24) is 15.1 Å². The van der Waals surface area contributed by atoms with E-state index in [1.165, 1.54) is 6.07 Å². The monoisotopic (exact) mass is 253 g/mol. The highest BCUT2D eigenvalue weighted by Gasteiger charge is 2.11. The molecule has 2 aromatic rings. The van der Waals surface area contributed by atoms with Crippen LogP contribution in [0.4, 0.5) is 4.39 Å². The highest BCUT2D eigenvalue weighted by atomic mass is 35.5. The molecule has 1 heterocycles. The molecule has 0 aliphatic rings. The Balaban J connectivity index is 2.48. The number of hydrogen-bond donors (Lipinski definition) is 1. The van der Waals surface area contributed by atoms with Gasteiger partial charge in [0.15, 0.2) is 0 Å². The van der Waals surface area contributed by atoms with E-state index in [-0.39, 0.29) is 5.02 Å². The van der Waals surface area contributed by atoms with Gasteiger partial charge in [0.1, 0.15) is 5.82 Å². The van der Waals surface area contributed by atoms with Crippen LogP contribution < -0.4 is 5.32 Å². The van der Waals surface area contributed by atoms with Gasteiger partial charge >= 0.3 is 0 Å². The Morgan fingerprint density at radius 2 is 2.24 bits per heavy atom. The molecule has 2 rings (SSSR count). The van der Waals surface area contributed by atoms with Gasteiger partial charge in [-0.25, -0.2) is 4.39 Å². The van der Waals surface area contributed by atoms with Crippen molar-refractivity contribution in [2.45, 2.75) is 6.54 Å². The molecule has 1 aromatic carbocycles. The highest BCUT2D eigenvalue weighted by molar-refractivity contribution is 6.31. The summed E-state index contributed by atoms with van der Waals surface area (Å²) in [6.07, 6.45) is 1.76. The van der Waals surface area contributed by atoms with Gasteiger partial charge in [0.05, 0.1) is 16.9 Å². The zero-order valence-electron chi connectivity index (χ0n) is 9.67. The van der Waals surface area contributed by atoms with Crippen LogP contribution >= 0.6 is 11.6 Å². The molecule has 5 heteroatoms. The molecular formula is C12H13ClFN3. The Hall–Kier alpha value is -1.39. The lowest BCUT2D eigenvalue weighted by atomic mass is 10.1. The summed E-state index contributed by atoms with van der Waals surface area (Å²) in [5.74, 6) is -0.408. The summed E-state index contributed by atoms with van der Waals surface area (Å²) in [5.41, 5.74) is 2.87. The molecule has 17 heavy (non-hydrogen) atoms. The SMILES string of the molecule is CNCc1c(-c2ccc(F)c(Cl)c2)cnn1C. The van der Waals surface area contributed by atoms with Crippen LogP contribution in [-0.2, 0) is 13.6 Å². The first-order valence-corrected chi connectivity index (χ1v) is 5.62. The van der Waals surface area contributed by atoms with E-state index in [9.17, 15) is 4.39 Å². The van der Waals surface area contributed by atoms with Crippen molar-refractivity contribution in [2.24, 2.45) is 7.05 Å².